The van der Waals surface area contributed by atoms with Crippen molar-refractivity contribution < 1.29 is 4.79 Å². The van der Waals surface area contributed by atoms with Gasteiger partial charge in [-0.1, -0.05) is 6.92 Å². The van der Waals surface area contributed by atoms with Crippen molar-refractivity contribution in [3.63, 3.8) is 0 Å². The van der Waals surface area contributed by atoms with E-state index < -0.39 is 0 Å². The zero-order valence-electron chi connectivity index (χ0n) is 16.6. The second-order valence-corrected chi connectivity index (χ2v) is 7.95. The van der Waals surface area contributed by atoms with E-state index in [4.69, 9.17) is 0 Å². The van der Waals surface area contributed by atoms with E-state index in [1.54, 1.807) is 0 Å². The molecule has 1 atom stereocenters. The van der Waals surface area contributed by atoms with Crippen LogP contribution in [0.4, 0.5) is 5.69 Å². The Hall–Kier alpha value is -1.63. The zero-order chi connectivity index (χ0) is 18.6. The van der Waals surface area contributed by atoms with Crippen LogP contribution in [0, 0.1) is 0 Å². The summed E-state index contributed by atoms with van der Waals surface area (Å²) in [6.07, 6.45) is 1.10. The van der Waals surface area contributed by atoms with Crippen LogP contribution in [0.1, 0.15) is 23.7 Å². The number of nitrogens with zero attached hydrogens (tertiary/aromatic N) is 4. The van der Waals surface area contributed by atoms with Crippen LogP contribution in [0.3, 0.4) is 0 Å². The van der Waals surface area contributed by atoms with Gasteiger partial charge in [0.15, 0.2) is 0 Å². The molecule has 6 heteroatoms. The lowest BCUT2D eigenvalue weighted by Gasteiger charge is -2.35. The Kier molecular flexibility index (Phi) is 5.95. The van der Waals surface area contributed by atoms with Gasteiger partial charge in [-0.2, -0.15) is 0 Å². The zero-order valence-corrected chi connectivity index (χ0v) is 16.6. The highest BCUT2D eigenvalue weighted by molar-refractivity contribution is 5.94. The maximum atomic E-state index is 12.9. The Balaban J connectivity index is 1.33. The smallest absolute Gasteiger partial charge is 0.253 e. The summed E-state index contributed by atoms with van der Waals surface area (Å²) < 4.78 is 0. The molecule has 1 aromatic rings. The molecule has 0 radical (unpaired) electrons. The average molecular weight is 372 g/mol. The Bertz CT molecular complexity index is 620. The topological polar surface area (TPSA) is 42.1 Å². The first-order valence-electron chi connectivity index (χ1n) is 10.6. The number of hydrogen-bond donors (Lipinski definition) is 1. The molecule has 3 fully saturated rings. The normalized spacial score (nSPS) is 25.1. The van der Waals surface area contributed by atoms with E-state index in [2.05, 4.69) is 39.1 Å². The van der Waals surface area contributed by atoms with Gasteiger partial charge in [-0.25, -0.2) is 0 Å². The Morgan fingerprint density at radius 1 is 1.00 bits per heavy atom. The lowest BCUT2D eigenvalue weighted by Crippen LogP contribution is -2.49. The number of likely N-dealkylation sites (N-methyl/N-ethyl adjacent to an activating group) is 1. The molecule has 0 bridgehead atoms. The van der Waals surface area contributed by atoms with Crippen LogP contribution in [0.2, 0.25) is 0 Å². The fourth-order valence-electron chi connectivity index (χ4n) is 4.59. The number of carbonyl (C=O) groups is 1. The molecule has 3 aliphatic rings. The van der Waals surface area contributed by atoms with Gasteiger partial charge < -0.3 is 20.0 Å². The number of carbonyl (C=O) groups excluding carboxylic acids is 1. The molecule has 6 nitrogen and oxygen atoms in total. The second-order valence-electron chi connectivity index (χ2n) is 7.95. The predicted octanol–water partition coefficient (Wildman–Crippen LogP) is 0.948. The van der Waals surface area contributed by atoms with Gasteiger partial charge in [0.1, 0.15) is 0 Å². The van der Waals surface area contributed by atoms with Crippen molar-refractivity contribution in [2.24, 2.45) is 0 Å². The predicted molar refractivity (Wildman–Crippen MR) is 110 cm³/mol. The highest BCUT2D eigenvalue weighted by Crippen LogP contribution is 2.21. The quantitative estimate of drug-likeness (QED) is 0.854. The number of benzene rings is 1. The fourth-order valence-corrected chi connectivity index (χ4v) is 4.59. The SMILES string of the molecule is CCN1CCN(c2ccc(C(=O)N3CCC(N4CCNCC4)C3)cc2)CC1. The molecule has 0 spiro atoms. The summed E-state index contributed by atoms with van der Waals surface area (Å²) in [6, 6.07) is 8.81. The first-order valence-corrected chi connectivity index (χ1v) is 10.6. The largest absolute Gasteiger partial charge is 0.369 e. The summed E-state index contributed by atoms with van der Waals surface area (Å²) in [5.74, 6) is 0.190. The average Bonchev–Trinajstić information content (AvgIpc) is 3.24. The standard InChI is InChI=1S/C21H33N5O/c1-2-23-13-15-25(16-14-23)19-5-3-18(4-6-19)21(27)26-10-7-20(17-26)24-11-8-22-9-12-24/h3-6,20,22H,2,7-17H2,1H3. The van der Waals surface area contributed by atoms with E-state index in [0.29, 0.717) is 6.04 Å². The summed E-state index contributed by atoms with van der Waals surface area (Å²) in [6.45, 7) is 13.8. The van der Waals surface area contributed by atoms with E-state index in [1.807, 2.05) is 17.0 Å². The summed E-state index contributed by atoms with van der Waals surface area (Å²) in [4.78, 5) is 22.4. The number of nitrogens with one attached hydrogen (secondary N) is 1. The van der Waals surface area contributed by atoms with Crippen molar-refractivity contribution >= 4 is 11.6 Å². The molecular formula is C21H33N5O. The molecule has 1 unspecified atom stereocenters. The van der Waals surface area contributed by atoms with Gasteiger partial charge in [-0.15, -0.1) is 0 Å². The van der Waals surface area contributed by atoms with Crippen molar-refractivity contribution in [1.82, 2.24) is 20.0 Å². The molecule has 0 saturated carbocycles. The fraction of sp³-hybridized carbons (Fsp3) is 0.667. The number of rotatable bonds is 4. The number of likely N-dealkylation sites (tertiary alicyclic amines) is 1. The molecule has 4 rings (SSSR count). The highest BCUT2D eigenvalue weighted by atomic mass is 16.2. The van der Waals surface area contributed by atoms with Crippen LogP contribution in [0.15, 0.2) is 24.3 Å². The first-order chi connectivity index (χ1) is 13.2. The molecule has 1 N–H and O–H groups in total. The van der Waals surface area contributed by atoms with Gasteiger partial charge >= 0.3 is 0 Å². The van der Waals surface area contributed by atoms with E-state index >= 15 is 0 Å². The lowest BCUT2D eigenvalue weighted by atomic mass is 10.1. The minimum Gasteiger partial charge on any atom is -0.369 e. The molecule has 3 saturated heterocycles. The van der Waals surface area contributed by atoms with Crippen LogP contribution >= 0.6 is 0 Å². The molecule has 3 aliphatic heterocycles. The first kappa shape index (κ1) is 18.7. The van der Waals surface area contributed by atoms with Crippen LogP contribution in [-0.4, -0.2) is 98.6 Å². The second kappa shape index (κ2) is 8.59. The molecule has 0 aromatic heterocycles. The van der Waals surface area contributed by atoms with Crippen molar-refractivity contribution in [3.8, 4) is 0 Å². The molecule has 0 aliphatic carbocycles. The number of anilines is 1. The maximum Gasteiger partial charge on any atom is 0.253 e. The Morgan fingerprint density at radius 3 is 2.37 bits per heavy atom. The van der Waals surface area contributed by atoms with E-state index in [-0.39, 0.29) is 5.91 Å². The van der Waals surface area contributed by atoms with E-state index in [1.165, 1.54) is 5.69 Å². The third kappa shape index (κ3) is 4.28. The molecule has 1 aromatic carbocycles. The maximum absolute atomic E-state index is 12.9. The number of amides is 1. The van der Waals surface area contributed by atoms with Gasteiger partial charge in [0.25, 0.3) is 5.91 Å². The van der Waals surface area contributed by atoms with Crippen molar-refractivity contribution in [2.75, 3.05) is 76.9 Å². The minimum atomic E-state index is 0.190. The third-order valence-corrected chi connectivity index (χ3v) is 6.42. The minimum absolute atomic E-state index is 0.190. The summed E-state index contributed by atoms with van der Waals surface area (Å²) >= 11 is 0. The van der Waals surface area contributed by atoms with Gasteiger partial charge in [0.2, 0.25) is 0 Å². The van der Waals surface area contributed by atoms with Gasteiger partial charge in [-0.3, -0.25) is 9.69 Å². The summed E-state index contributed by atoms with van der Waals surface area (Å²) in [7, 11) is 0. The van der Waals surface area contributed by atoms with Crippen LogP contribution in [-0.2, 0) is 0 Å². The molecule has 1 amide bonds. The Morgan fingerprint density at radius 2 is 1.70 bits per heavy atom. The summed E-state index contributed by atoms with van der Waals surface area (Å²) in [5, 5.41) is 3.41. The van der Waals surface area contributed by atoms with Crippen LogP contribution < -0.4 is 10.2 Å². The van der Waals surface area contributed by atoms with E-state index in [9.17, 15) is 4.79 Å². The molecular weight excluding hydrogens is 338 g/mol. The lowest BCUT2D eigenvalue weighted by molar-refractivity contribution is 0.0773. The molecule has 27 heavy (non-hydrogen) atoms. The van der Waals surface area contributed by atoms with Crippen LogP contribution in [0.5, 0.6) is 0 Å². The molecule has 3 heterocycles. The van der Waals surface area contributed by atoms with Crippen LogP contribution in [0.25, 0.3) is 0 Å². The Labute approximate surface area is 163 Å². The van der Waals surface area contributed by atoms with Crippen molar-refractivity contribution in [2.45, 2.75) is 19.4 Å². The van der Waals surface area contributed by atoms with Gasteiger partial charge in [-0.05, 0) is 37.2 Å². The number of hydrogen-bond acceptors (Lipinski definition) is 5. The van der Waals surface area contributed by atoms with Gasteiger partial charge in [0.05, 0.1) is 0 Å². The summed E-state index contributed by atoms with van der Waals surface area (Å²) in [5.41, 5.74) is 2.06. The number of piperazine rings is 2. The third-order valence-electron chi connectivity index (χ3n) is 6.42. The highest BCUT2D eigenvalue weighted by Gasteiger charge is 2.31. The molecule has 148 valence electrons. The van der Waals surface area contributed by atoms with Crippen molar-refractivity contribution in [3.05, 3.63) is 29.8 Å². The van der Waals surface area contributed by atoms with Gasteiger partial charge in [0, 0.05) is 82.7 Å². The van der Waals surface area contributed by atoms with E-state index in [0.717, 1.165) is 84.0 Å². The van der Waals surface area contributed by atoms with Crippen molar-refractivity contribution in [1.29, 1.82) is 0 Å². The monoisotopic (exact) mass is 371 g/mol.